The largest absolute Gasteiger partial charge is 0.381 e. The molecule has 1 unspecified atom stereocenters. The number of thiophene rings is 1. The minimum Gasteiger partial charge on any atom is -0.381 e. The number of hydrogen-bond donors (Lipinski definition) is 1. The molecule has 4 heterocycles. The molecule has 3 aliphatic heterocycles. The van der Waals surface area contributed by atoms with Crippen molar-refractivity contribution in [2.75, 3.05) is 45.9 Å². The van der Waals surface area contributed by atoms with Crippen molar-refractivity contribution in [1.29, 1.82) is 0 Å². The fraction of sp³-hybridized carbons (Fsp3) is 0.684. The molecule has 4 rings (SSSR count). The maximum Gasteiger partial charge on any atom is 0.244 e. The van der Waals surface area contributed by atoms with Gasteiger partial charge in [0.25, 0.3) is 0 Å². The lowest BCUT2D eigenvalue weighted by Gasteiger charge is -2.27. The SMILES string of the molecule is CCNC(=NCC(=O)N1CCc2sccc2C1)N1CCC2(CCOC2)C1. The molecule has 2 saturated heterocycles. The minimum absolute atomic E-state index is 0.121. The number of aliphatic imine (C=N–C) groups is 1. The molecule has 1 atom stereocenters. The molecule has 26 heavy (non-hydrogen) atoms. The first-order valence-corrected chi connectivity index (χ1v) is 10.5. The number of rotatable bonds is 3. The summed E-state index contributed by atoms with van der Waals surface area (Å²) in [6, 6.07) is 2.14. The van der Waals surface area contributed by atoms with Gasteiger partial charge in [-0.2, -0.15) is 0 Å². The quantitative estimate of drug-likeness (QED) is 0.645. The zero-order valence-electron chi connectivity index (χ0n) is 15.5. The first-order valence-electron chi connectivity index (χ1n) is 9.63. The highest BCUT2D eigenvalue weighted by Gasteiger charge is 2.42. The number of nitrogens with one attached hydrogen (secondary N) is 1. The molecule has 0 aliphatic carbocycles. The smallest absolute Gasteiger partial charge is 0.244 e. The minimum atomic E-state index is 0.121. The molecule has 0 aromatic carbocycles. The van der Waals surface area contributed by atoms with E-state index in [1.54, 1.807) is 11.3 Å². The van der Waals surface area contributed by atoms with Gasteiger partial charge in [0.2, 0.25) is 5.91 Å². The third-order valence-electron chi connectivity index (χ3n) is 5.78. The van der Waals surface area contributed by atoms with Gasteiger partial charge in [-0.15, -0.1) is 11.3 Å². The predicted octanol–water partition coefficient (Wildman–Crippen LogP) is 1.71. The highest BCUT2D eigenvalue weighted by atomic mass is 32.1. The van der Waals surface area contributed by atoms with Crippen molar-refractivity contribution >= 4 is 23.2 Å². The third kappa shape index (κ3) is 3.60. The zero-order valence-corrected chi connectivity index (χ0v) is 16.3. The highest BCUT2D eigenvalue weighted by molar-refractivity contribution is 7.10. The Hall–Kier alpha value is -1.60. The number of likely N-dealkylation sites (tertiary alicyclic amines) is 1. The van der Waals surface area contributed by atoms with Crippen LogP contribution >= 0.6 is 11.3 Å². The molecule has 142 valence electrons. The summed E-state index contributed by atoms with van der Waals surface area (Å²) >= 11 is 1.80. The second kappa shape index (κ2) is 7.56. The molecular weight excluding hydrogens is 348 g/mol. The van der Waals surface area contributed by atoms with E-state index in [0.29, 0.717) is 5.41 Å². The van der Waals surface area contributed by atoms with E-state index in [4.69, 9.17) is 4.74 Å². The van der Waals surface area contributed by atoms with Crippen molar-refractivity contribution in [2.45, 2.75) is 32.7 Å². The van der Waals surface area contributed by atoms with E-state index in [1.165, 1.54) is 10.4 Å². The molecule has 3 aliphatic rings. The van der Waals surface area contributed by atoms with Crippen LogP contribution in [0.1, 0.15) is 30.2 Å². The Morgan fingerprint density at radius 1 is 1.38 bits per heavy atom. The van der Waals surface area contributed by atoms with Crippen molar-refractivity contribution in [3.63, 3.8) is 0 Å². The van der Waals surface area contributed by atoms with Gasteiger partial charge in [0.15, 0.2) is 5.96 Å². The van der Waals surface area contributed by atoms with Gasteiger partial charge in [-0.3, -0.25) is 4.79 Å². The van der Waals surface area contributed by atoms with Crippen LogP contribution in [0.2, 0.25) is 0 Å². The molecule has 1 amide bonds. The first kappa shape index (κ1) is 17.8. The van der Waals surface area contributed by atoms with E-state index in [-0.39, 0.29) is 12.5 Å². The number of fused-ring (bicyclic) bond motifs is 1. The lowest BCUT2D eigenvalue weighted by molar-refractivity contribution is -0.130. The van der Waals surface area contributed by atoms with Gasteiger partial charge < -0.3 is 19.9 Å². The van der Waals surface area contributed by atoms with Crippen LogP contribution in [0.3, 0.4) is 0 Å². The Labute approximate surface area is 159 Å². The Morgan fingerprint density at radius 2 is 2.31 bits per heavy atom. The summed E-state index contributed by atoms with van der Waals surface area (Å²) < 4.78 is 5.62. The molecule has 1 aromatic rings. The number of guanidine groups is 1. The molecular formula is C19H28N4O2S. The molecule has 0 bridgehead atoms. The number of amides is 1. The predicted molar refractivity (Wildman–Crippen MR) is 103 cm³/mol. The average Bonchev–Trinajstić information content (AvgIpc) is 3.40. The average molecular weight is 377 g/mol. The lowest BCUT2D eigenvalue weighted by Crippen LogP contribution is -2.43. The van der Waals surface area contributed by atoms with Crippen LogP contribution in [0.5, 0.6) is 0 Å². The number of ether oxygens (including phenoxy) is 1. The Morgan fingerprint density at radius 3 is 3.12 bits per heavy atom. The summed E-state index contributed by atoms with van der Waals surface area (Å²) in [6.07, 6.45) is 3.26. The Balaban J connectivity index is 1.38. The van der Waals surface area contributed by atoms with E-state index in [1.807, 2.05) is 4.90 Å². The summed E-state index contributed by atoms with van der Waals surface area (Å²) in [6.45, 7) is 8.36. The standard InChI is InChI=1S/C19H28N4O2S/c1-2-20-18(23-8-5-19(13-23)6-9-25-14-19)21-11-17(24)22-7-3-16-15(12-22)4-10-26-16/h4,10H,2-3,5-9,11-14H2,1H3,(H,20,21). The second-order valence-corrected chi connectivity index (χ2v) is 8.58. The van der Waals surface area contributed by atoms with Crippen LogP contribution in [0.15, 0.2) is 16.4 Å². The topological polar surface area (TPSA) is 57.2 Å². The van der Waals surface area contributed by atoms with Gasteiger partial charge in [0.05, 0.1) is 6.61 Å². The monoisotopic (exact) mass is 376 g/mol. The summed E-state index contributed by atoms with van der Waals surface area (Å²) in [7, 11) is 0. The Bertz CT molecular complexity index is 681. The number of carbonyl (C=O) groups is 1. The van der Waals surface area contributed by atoms with Crippen molar-refractivity contribution in [2.24, 2.45) is 10.4 Å². The van der Waals surface area contributed by atoms with Crippen molar-refractivity contribution in [1.82, 2.24) is 15.1 Å². The van der Waals surface area contributed by atoms with Crippen LogP contribution in [0.25, 0.3) is 0 Å². The molecule has 0 saturated carbocycles. The fourth-order valence-electron chi connectivity index (χ4n) is 4.22. The van der Waals surface area contributed by atoms with Crippen LogP contribution < -0.4 is 5.32 Å². The van der Waals surface area contributed by atoms with Gasteiger partial charge >= 0.3 is 0 Å². The van der Waals surface area contributed by atoms with Crippen LogP contribution in [-0.2, 0) is 22.5 Å². The summed E-state index contributed by atoms with van der Waals surface area (Å²) in [5, 5.41) is 5.49. The summed E-state index contributed by atoms with van der Waals surface area (Å²) in [4.78, 5) is 23.0. The van der Waals surface area contributed by atoms with Gasteiger partial charge in [0, 0.05) is 49.6 Å². The normalized spacial score (nSPS) is 25.8. The van der Waals surface area contributed by atoms with Crippen LogP contribution in [0, 0.1) is 5.41 Å². The number of hydrogen-bond acceptors (Lipinski definition) is 4. The van der Waals surface area contributed by atoms with Crippen LogP contribution in [0.4, 0.5) is 0 Å². The summed E-state index contributed by atoms with van der Waals surface area (Å²) in [5.74, 6) is 0.994. The van der Waals surface area contributed by atoms with E-state index < -0.39 is 0 Å². The molecule has 6 nitrogen and oxygen atoms in total. The lowest BCUT2D eigenvalue weighted by atomic mass is 9.87. The second-order valence-electron chi connectivity index (χ2n) is 7.58. The molecule has 1 spiro atoms. The van der Waals surface area contributed by atoms with Crippen LogP contribution in [-0.4, -0.2) is 67.6 Å². The van der Waals surface area contributed by atoms with Gasteiger partial charge in [-0.05, 0) is 43.2 Å². The molecule has 7 heteroatoms. The number of carbonyl (C=O) groups excluding carboxylic acids is 1. The van der Waals surface area contributed by atoms with E-state index in [2.05, 4.69) is 33.6 Å². The zero-order chi connectivity index (χ0) is 18.0. The van der Waals surface area contributed by atoms with Gasteiger partial charge in [-0.1, -0.05) is 0 Å². The molecule has 0 radical (unpaired) electrons. The van der Waals surface area contributed by atoms with Crippen molar-refractivity contribution in [3.05, 3.63) is 21.9 Å². The van der Waals surface area contributed by atoms with E-state index >= 15 is 0 Å². The molecule has 2 fully saturated rings. The highest BCUT2D eigenvalue weighted by Crippen LogP contribution is 2.38. The summed E-state index contributed by atoms with van der Waals surface area (Å²) in [5.41, 5.74) is 1.59. The van der Waals surface area contributed by atoms with E-state index in [0.717, 1.165) is 71.2 Å². The van der Waals surface area contributed by atoms with Crippen molar-refractivity contribution in [3.8, 4) is 0 Å². The van der Waals surface area contributed by atoms with E-state index in [9.17, 15) is 4.79 Å². The Kier molecular flexibility index (Phi) is 5.18. The van der Waals surface area contributed by atoms with Crippen molar-refractivity contribution < 1.29 is 9.53 Å². The first-order chi connectivity index (χ1) is 12.7. The number of nitrogens with zero attached hydrogens (tertiary/aromatic N) is 3. The fourth-order valence-corrected chi connectivity index (χ4v) is 5.11. The molecule has 1 aromatic heterocycles. The maximum absolute atomic E-state index is 12.7. The molecule has 1 N–H and O–H groups in total. The third-order valence-corrected chi connectivity index (χ3v) is 6.81. The van der Waals surface area contributed by atoms with Gasteiger partial charge in [-0.25, -0.2) is 4.99 Å². The van der Waals surface area contributed by atoms with Gasteiger partial charge in [0.1, 0.15) is 6.54 Å². The maximum atomic E-state index is 12.7.